The maximum atomic E-state index is 14.1. The van der Waals surface area contributed by atoms with Crippen molar-refractivity contribution < 1.29 is 22.7 Å². The summed E-state index contributed by atoms with van der Waals surface area (Å²) in [4.78, 5) is 28.9. The van der Waals surface area contributed by atoms with E-state index in [2.05, 4.69) is 5.32 Å². The van der Waals surface area contributed by atoms with Gasteiger partial charge in [0.05, 0.1) is 22.7 Å². The third-order valence-corrected chi connectivity index (χ3v) is 8.95. The van der Waals surface area contributed by atoms with Gasteiger partial charge in [-0.15, -0.1) is 0 Å². The molecule has 3 aromatic rings. The summed E-state index contributed by atoms with van der Waals surface area (Å²) in [5, 5.41) is 3.14. The van der Waals surface area contributed by atoms with Gasteiger partial charge in [-0.3, -0.25) is 13.9 Å². The summed E-state index contributed by atoms with van der Waals surface area (Å²) in [6, 6.07) is 19.9. The second-order valence-electron chi connectivity index (χ2n) is 10.5. The standard InChI is InChI=1S/C32H40ClN3O5S/c1-6-29(32(38)34-21-23(2)3)35(19-18-25-10-8-7-9-11-25)31(37)22-36(26-14-17-30(41-5)28(33)20-26)42(39,40)27-15-12-24(4)13-16-27/h7-17,20,23,29H,6,18-19,21-22H2,1-5H3,(H,34,38)/t29-/m1/s1. The van der Waals surface area contributed by atoms with E-state index < -0.39 is 28.5 Å². The number of hydrogen-bond acceptors (Lipinski definition) is 5. The molecule has 0 heterocycles. The fourth-order valence-corrected chi connectivity index (χ4v) is 6.15. The molecule has 0 spiro atoms. The predicted molar refractivity (Wildman–Crippen MR) is 168 cm³/mol. The molecule has 0 saturated carbocycles. The SMILES string of the molecule is CC[C@H](C(=O)NCC(C)C)N(CCc1ccccc1)C(=O)CN(c1ccc(OC)c(Cl)c1)S(=O)(=O)c1ccc(C)cc1. The average molecular weight is 614 g/mol. The third kappa shape index (κ3) is 8.49. The van der Waals surface area contributed by atoms with Gasteiger partial charge in [-0.05, 0) is 61.6 Å². The van der Waals surface area contributed by atoms with Gasteiger partial charge in [-0.1, -0.05) is 80.4 Å². The van der Waals surface area contributed by atoms with Crippen molar-refractivity contribution in [1.29, 1.82) is 0 Å². The lowest BCUT2D eigenvalue weighted by atomic mass is 10.1. The van der Waals surface area contributed by atoms with Gasteiger partial charge < -0.3 is 15.0 Å². The zero-order valence-corrected chi connectivity index (χ0v) is 26.4. The van der Waals surface area contributed by atoms with Gasteiger partial charge in [0.2, 0.25) is 11.8 Å². The van der Waals surface area contributed by atoms with Crippen molar-refractivity contribution >= 4 is 39.1 Å². The smallest absolute Gasteiger partial charge is 0.264 e. The van der Waals surface area contributed by atoms with E-state index in [0.29, 0.717) is 25.1 Å². The Morgan fingerprint density at radius 1 is 1.00 bits per heavy atom. The summed E-state index contributed by atoms with van der Waals surface area (Å²) in [6.07, 6.45) is 0.864. The van der Waals surface area contributed by atoms with E-state index in [1.807, 2.05) is 58.0 Å². The van der Waals surface area contributed by atoms with Crippen LogP contribution in [-0.4, -0.2) is 57.9 Å². The number of sulfonamides is 1. The molecular weight excluding hydrogens is 574 g/mol. The molecule has 2 amide bonds. The maximum absolute atomic E-state index is 14.1. The highest BCUT2D eigenvalue weighted by molar-refractivity contribution is 7.92. The van der Waals surface area contributed by atoms with Crippen LogP contribution in [0.3, 0.4) is 0 Å². The molecule has 0 fully saturated rings. The number of rotatable bonds is 14. The number of ether oxygens (including phenoxy) is 1. The van der Waals surface area contributed by atoms with Crippen molar-refractivity contribution in [1.82, 2.24) is 10.2 Å². The summed E-state index contributed by atoms with van der Waals surface area (Å²) in [5.74, 6) is -0.167. The van der Waals surface area contributed by atoms with Crippen LogP contribution < -0.4 is 14.4 Å². The van der Waals surface area contributed by atoms with Crippen molar-refractivity contribution in [3.63, 3.8) is 0 Å². The molecule has 3 rings (SSSR count). The minimum atomic E-state index is -4.19. The van der Waals surface area contributed by atoms with E-state index in [1.165, 1.54) is 30.2 Å². The first-order valence-corrected chi connectivity index (χ1v) is 15.8. The highest BCUT2D eigenvalue weighted by Gasteiger charge is 2.33. The Hall–Kier alpha value is -3.56. The van der Waals surface area contributed by atoms with Crippen molar-refractivity contribution in [2.24, 2.45) is 5.92 Å². The van der Waals surface area contributed by atoms with Crippen LogP contribution >= 0.6 is 11.6 Å². The molecule has 1 N–H and O–H groups in total. The summed E-state index contributed by atoms with van der Waals surface area (Å²) in [6.45, 7) is 7.86. The van der Waals surface area contributed by atoms with E-state index in [9.17, 15) is 18.0 Å². The van der Waals surface area contributed by atoms with Crippen LogP contribution in [-0.2, 0) is 26.0 Å². The number of hydrogen-bond donors (Lipinski definition) is 1. The van der Waals surface area contributed by atoms with E-state index in [1.54, 1.807) is 24.3 Å². The van der Waals surface area contributed by atoms with Crippen LogP contribution in [0.15, 0.2) is 77.7 Å². The molecular formula is C32H40ClN3O5S. The number of amides is 2. The Bertz CT molecular complexity index is 1450. The molecule has 0 aliphatic heterocycles. The molecule has 226 valence electrons. The normalized spacial score (nSPS) is 12.1. The first-order chi connectivity index (χ1) is 20.0. The zero-order valence-electron chi connectivity index (χ0n) is 24.8. The average Bonchev–Trinajstić information content (AvgIpc) is 2.97. The van der Waals surface area contributed by atoms with Gasteiger partial charge in [-0.2, -0.15) is 0 Å². The summed E-state index contributed by atoms with van der Waals surface area (Å²) in [5.41, 5.74) is 2.10. The Morgan fingerprint density at radius 2 is 1.67 bits per heavy atom. The van der Waals surface area contributed by atoms with Crippen molar-refractivity contribution in [3.05, 3.63) is 88.9 Å². The van der Waals surface area contributed by atoms with Crippen molar-refractivity contribution in [2.75, 3.05) is 31.0 Å². The fraction of sp³-hybridized carbons (Fsp3) is 0.375. The number of benzene rings is 3. The Morgan fingerprint density at radius 3 is 2.24 bits per heavy atom. The Balaban J connectivity index is 2.03. The summed E-state index contributed by atoms with van der Waals surface area (Å²) in [7, 11) is -2.73. The molecule has 8 nitrogen and oxygen atoms in total. The van der Waals surface area contributed by atoms with Gasteiger partial charge >= 0.3 is 0 Å². The molecule has 10 heteroatoms. The number of nitrogens with one attached hydrogen (secondary N) is 1. The van der Waals surface area contributed by atoms with Crippen molar-refractivity contribution in [3.8, 4) is 5.75 Å². The molecule has 0 aliphatic rings. The lowest BCUT2D eigenvalue weighted by molar-refractivity contribution is -0.139. The topological polar surface area (TPSA) is 96.0 Å². The lowest BCUT2D eigenvalue weighted by Crippen LogP contribution is -2.53. The zero-order chi connectivity index (χ0) is 30.9. The number of methoxy groups -OCH3 is 1. The van der Waals surface area contributed by atoms with Gasteiger partial charge in [0, 0.05) is 13.1 Å². The predicted octanol–water partition coefficient (Wildman–Crippen LogP) is 5.47. The number of carbonyl (C=O) groups excluding carboxylic acids is 2. The Kier molecular flexibility index (Phi) is 11.8. The number of carbonyl (C=O) groups is 2. The minimum absolute atomic E-state index is 0.0328. The molecule has 0 unspecified atom stereocenters. The van der Waals surface area contributed by atoms with Gasteiger partial charge in [-0.25, -0.2) is 8.42 Å². The maximum Gasteiger partial charge on any atom is 0.264 e. The second kappa shape index (κ2) is 15.1. The van der Waals surface area contributed by atoms with E-state index >= 15 is 0 Å². The van der Waals surface area contributed by atoms with E-state index in [4.69, 9.17) is 16.3 Å². The minimum Gasteiger partial charge on any atom is -0.495 e. The molecule has 3 aromatic carbocycles. The third-order valence-electron chi connectivity index (χ3n) is 6.87. The number of halogens is 1. The number of anilines is 1. The van der Waals surface area contributed by atoms with Crippen LogP contribution in [0.25, 0.3) is 0 Å². The van der Waals surface area contributed by atoms with Gasteiger partial charge in [0.25, 0.3) is 10.0 Å². The molecule has 0 radical (unpaired) electrons. The quantitative estimate of drug-likeness (QED) is 0.260. The largest absolute Gasteiger partial charge is 0.495 e. The number of nitrogens with zero attached hydrogens (tertiary/aromatic N) is 2. The molecule has 42 heavy (non-hydrogen) atoms. The second-order valence-corrected chi connectivity index (χ2v) is 12.8. The summed E-state index contributed by atoms with van der Waals surface area (Å²) >= 11 is 6.39. The monoisotopic (exact) mass is 613 g/mol. The summed E-state index contributed by atoms with van der Waals surface area (Å²) < 4.78 is 34.3. The lowest BCUT2D eigenvalue weighted by Gasteiger charge is -2.33. The first kappa shape index (κ1) is 32.9. The van der Waals surface area contributed by atoms with E-state index in [-0.39, 0.29) is 34.0 Å². The molecule has 0 aromatic heterocycles. The molecule has 0 bridgehead atoms. The first-order valence-electron chi connectivity index (χ1n) is 14.0. The van der Waals surface area contributed by atoms with Gasteiger partial charge in [0.15, 0.2) is 0 Å². The molecule has 0 saturated heterocycles. The van der Waals surface area contributed by atoms with Crippen molar-refractivity contribution in [2.45, 2.75) is 51.5 Å². The van der Waals surface area contributed by atoms with Crippen LogP contribution in [0, 0.1) is 12.8 Å². The van der Waals surface area contributed by atoms with Crippen LogP contribution in [0.2, 0.25) is 5.02 Å². The van der Waals surface area contributed by atoms with Crippen LogP contribution in [0.5, 0.6) is 5.75 Å². The fourth-order valence-electron chi connectivity index (χ4n) is 4.50. The molecule has 0 aliphatic carbocycles. The Labute approximate surface area is 254 Å². The van der Waals surface area contributed by atoms with Crippen LogP contribution in [0.4, 0.5) is 5.69 Å². The molecule has 1 atom stereocenters. The van der Waals surface area contributed by atoms with Gasteiger partial charge in [0.1, 0.15) is 18.3 Å². The highest BCUT2D eigenvalue weighted by atomic mass is 35.5. The number of aryl methyl sites for hydroxylation is 1. The van der Waals surface area contributed by atoms with Crippen LogP contribution in [0.1, 0.15) is 38.3 Å². The van der Waals surface area contributed by atoms with E-state index in [0.717, 1.165) is 15.4 Å². The highest BCUT2D eigenvalue weighted by Crippen LogP contribution is 2.32.